The summed E-state index contributed by atoms with van der Waals surface area (Å²) in [5.41, 5.74) is 3.18. The van der Waals surface area contributed by atoms with E-state index in [2.05, 4.69) is 4.99 Å². The molecule has 0 heterocycles. The summed E-state index contributed by atoms with van der Waals surface area (Å²) in [6, 6.07) is 19.1. The topological polar surface area (TPSA) is 85.0 Å². The second-order valence-corrected chi connectivity index (χ2v) is 5.74. The second-order valence-electron chi connectivity index (χ2n) is 5.74. The van der Waals surface area contributed by atoms with E-state index < -0.39 is 4.92 Å². The Morgan fingerprint density at radius 2 is 1.67 bits per heavy atom. The largest absolute Gasteiger partial charge is 0.504 e. The molecule has 27 heavy (non-hydrogen) atoms. The molecule has 0 saturated heterocycles. The van der Waals surface area contributed by atoms with Crippen LogP contribution in [0.3, 0.4) is 0 Å². The fourth-order valence-corrected chi connectivity index (χ4v) is 2.58. The molecule has 6 heteroatoms. The minimum Gasteiger partial charge on any atom is -0.504 e. The highest BCUT2D eigenvalue weighted by molar-refractivity contribution is 5.86. The van der Waals surface area contributed by atoms with Crippen molar-refractivity contribution in [3.05, 3.63) is 82.4 Å². The molecule has 0 spiro atoms. The minimum absolute atomic E-state index is 0.0607. The highest BCUT2D eigenvalue weighted by Crippen LogP contribution is 2.29. The van der Waals surface area contributed by atoms with Crippen LogP contribution in [-0.2, 0) is 0 Å². The average molecular weight is 362 g/mol. The Hall–Kier alpha value is -3.67. The van der Waals surface area contributed by atoms with Crippen molar-refractivity contribution in [3.63, 3.8) is 0 Å². The minimum atomic E-state index is -0.419. The van der Waals surface area contributed by atoms with E-state index in [-0.39, 0.29) is 11.4 Å². The average Bonchev–Trinajstić information content (AvgIpc) is 2.69. The van der Waals surface area contributed by atoms with Gasteiger partial charge in [-0.25, -0.2) is 0 Å². The third-order valence-corrected chi connectivity index (χ3v) is 3.96. The third kappa shape index (κ3) is 4.30. The second kappa shape index (κ2) is 8.14. The van der Waals surface area contributed by atoms with E-state index in [1.54, 1.807) is 36.5 Å². The zero-order chi connectivity index (χ0) is 19.2. The molecular weight excluding hydrogens is 344 g/mol. The Labute approximate surface area is 156 Å². The van der Waals surface area contributed by atoms with Crippen LogP contribution < -0.4 is 4.74 Å². The maximum atomic E-state index is 10.7. The number of phenolic OH excluding ortho intramolecular Hbond substituents is 1. The first kappa shape index (κ1) is 18.1. The highest BCUT2D eigenvalue weighted by atomic mass is 16.6. The van der Waals surface area contributed by atoms with Gasteiger partial charge in [0.05, 0.1) is 17.2 Å². The van der Waals surface area contributed by atoms with Gasteiger partial charge in [-0.05, 0) is 54.4 Å². The van der Waals surface area contributed by atoms with Crippen molar-refractivity contribution in [1.29, 1.82) is 0 Å². The van der Waals surface area contributed by atoms with Crippen molar-refractivity contribution >= 4 is 17.6 Å². The van der Waals surface area contributed by atoms with Gasteiger partial charge in [-0.2, -0.15) is 0 Å². The fraction of sp³-hybridized carbons (Fsp3) is 0.0952. The monoisotopic (exact) mass is 362 g/mol. The molecule has 0 atom stereocenters. The quantitative estimate of drug-likeness (QED) is 0.375. The summed E-state index contributed by atoms with van der Waals surface area (Å²) < 4.78 is 5.36. The lowest BCUT2D eigenvalue weighted by Crippen LogP contribution is -1.93. The van der Waals surface area contributed by atoms with Crippen LogP contribution in [0.4, 0.5) is 11.4 Å². The lowest BCUT2D eigenvalue weighted by atomic mass is 10.1. The molecule has 0 aliphatic heterocycles. The highest BCUT2D eigenvalue weighted by Gasteiger charge is 2.06. The number of ether oxygens (including phenoxy) is 1. The van der Waals surface area contributed by atoms with E-state index in [9.17, 15) is 15.2 Å². The van der Waals surface area contributed by atoms with Gasteiger partial charge in [0.15, 0.2) is 11.5 Å². The number of nitro groups is 1. The standard InChI is InChI=1S/C21H18N2O4/c1-2-27-20-5-3-4-17(21(20)24)14-22-18-10-6-15(7-11-18)16-8-12-19(13-9-16)23(25)26/h3-14,24H,2H2,1H3. The summed E-state index contributed by atoms with van der Waals surface area (Å²) in [5, 5.41) is 20.9. The van der Waals surface area contributed by atoms with Crippen LogP contribution in [0.15, 0.2) is 71.7 Å². The summed E-state index contributed by atoms with van der Waals surface area (Å²) in [6.45, 7) is 2.32. The molecule has 0 aromatic heterocycles. The van der Waals surface area contributed by atoms with E-state index in [0.717, 1.165) is 16.8 Å². The molecular formula is C21H18N2O4. The number of phenols is 1. The molecule has 0 amide bonds. The number of aromatic hydroxyl groups is 1. The van der Waals surface area contributed by atoms with Gasteiger partial charge < -0.3 is 9.84 Å². The Kier molecular flexibility index (Phi) is 5.47. The fourth-order valence-electron chi connectivity index (χ4n) is 2.58. The Bertz CT molecular complexity index is 964. The summed E-state index contributed by atoms with van der Waals surface area (Å²) in [4.78, 5) is 14.7. The number of benzene rings is 3. The summed E-state index contributed by atoms with van der Waals surface area (Å²) in [6.07, 6.45) is 1.58. The first-order valence-corrected chi connectivity index (χ1v) is 8.42. The number of aliphatic imine (C=N–C) groups is 1. The first-order chi connectivity index (χ1) is 13.1. The Morgan fingerprint density at radius 3 is 2.26 bits per heavy atom. The molecule has 3 aromatic carbocycles. The Morgan fingerprint density at radius 1 is 1.04 bits per heavy atom. The zero-order valence-corrected chi connectivity index (χ0v) is 14.7. The lowest BCUT2D eigenvalue weighted by molar-refractivity contribution is -0.384. The predicted molar refractivity (Wildman–Crippen MR) is 105 cm³/mol. The van der Waals surface area contributed by atoms with Gasteiger partial charge in [-0.15, -0.1) is 0 Å². The molecule has 0 aliphatic carbocycles. The van der Waals surface area contributed by atoms with Crippen LogP contribution in [0.2, 0.25) is 0 Å². The first-order valence-electron chi connectivity index (χ1n) is 8.42. The van der Waals surface area contributed by atoms with Crippen molar-refractivity contribution in [3.8, 4) is 22.6 Å². The van der Waals surface area contributed by atoms with Gasteiger partial charge in [0, 0.05) is 23.9 Å². The number of hydrogen-bond acceptors (Lipinski definition) is 5. The number of nitro benzene ring substituents is 1. The molecule has 0 aliphatic rings. The smallest absolute Gasteiger partial charge is 0.269 e. The van der Waals surface area contributed by atoms with Gasteiger partial charge in [0.2, 0.25) is 0 Å². The van der Waals surface area contributed by atoms with Crippen LogP contribution in [0.5, 0.6) is 11.5 Å². The van der Waals surface area contributed by atoms with E-state index in [0.29, 0.717) is 17.9 Å². The van der Waals surface area contributed by atoms with Gasteiger partial charge in [-0.3, -0.25) is 15.1 Å². The van der Waals surface area contributed by atoms with Crippen LogP contribution in [0.1, 0.15) is 12.5 Å². The molecule has 0 fully saturated rings. The SMILES string of the molecule is CCOc1cccc(C=Nc2ccc(-c3ccc([N+](=O)[O-])cc3)cc2)c1O. The molecule has 0 radical (unpaired) electrons. The molecule has 3 aromatic rings. The number of rotatable bonds is 6. The number of para-hydroxylation sites is 1. The Balaban J connectivity index is 1.77. The van der Waals surface area contributed by atoms with Gasteiger partial charge in [-0.1, -0.05) is 18.2 Å². The molecule has 3 rings (SSSR count). The van der Waals surface area contributed by atoms with Gasteiger partial charge >= 0.3 is 0 Å². The van der Waals surface area contributed by atoms with Crippen molar-refractivity contribution in [2.75, 3.05) is 6.61 Å². The van der Waals surface area contributed by atoms with E-state index in [4.69, 9.17) is 4.74 Å². The maximum absolute atomic E-state index is 10.7. The molecule has 0 unspecified atom stereocenters. The molecule has 1 N–H and O–H groups in total. The van der Waals surface area contributed by atoms with Crippen molar-refractivity contribution in [2.45, 2.75) is 6.92 Å². The van der Waals surface area contributed by atoms with E-state index in [1.165, 1.54) is 12.1 Å². The summed E-state index contributed by atoms with van der Waals surface area (Å²) >= 11 is 0. The molecule has 0 bridgehead atoms. The number of non-ortho nitro benzene ring substituents is 1. The van der Waals surface area contributed by atoms with Crippen molar-refractivity contribution in [1.82, 2.24) is 0 Å². The van der Waals surface area contributed by atoms with Crippen LogP contribution in [-0.4, -0.2) is 22.9 Å². The lowest BCUT2D eigenvalue weighted by Gasteiger charge is -2.07. The maximum Gasteiger partial charge on any atom is 0.269 e. The van der Waals surface area contributed by atoms with Crippen LogP contribution in [0, 0.1) is 10.1 Å². The summed E-state index contributed by atoms with van der Waals surface area (Å²) in [5.74, 6) is 0.487. The van der Waals surface area contributed by atoms with Crippen LogP contribution in [0.25, 0.3) is 11.1 Å². The third-order valence-electron chi connectivity index (χ3n) is 3.96. The molecule has 6 nitrogen and oxygen atoms in total. The van der Waals surface area contributed by atoms with Crippen molar-refractivity contribution in [2.24, 2.45) is 4.99 Å². The molecule has 0 saturated carbocycles. The van der Waals surface area contributed by atoms with E-state index >= 15 is 0 Å². The molecule has 136 valence electrons. The number of nitrogens with zero attached hydrogens (tertiary/aromatic N) is 2. The van der Waals surface area contributed by atoms with Crippen molar-refractivity contribution < 1.29 is 14.8 Å². The van der Waals surface area contributed by atoms with Crippen LogP contribution >= 0.6 is 0 Å². The van der Waals surface area contributed by atoms with Gasteiger partial charge in [0.1, 0.15) is 0 Å². The predicted octanol–water partition coefficient (Wildman–Crippen LogP) is 5.12. The van der Waals surface area contributed by atoms with E-state index in [1.807, 2.05) is 31.2 Å². The zero-order valence-electron chi connectivity index (χ0n) is 14.7. The number of hydrogen-bond donors (Lipinski definition) is 1. The summed E-state index contributed by atoms with van der Waals surface area (Å²) in [7, 11) is 0. The van der Waals surface area contributed by atoms with Gasteiger partial charge in [0.25, 0.3) is 5.69 Å². The normalized spacial score (nSPS) is 10.9.